The molecule has 1 heterocycles. The van der Waals surface area contributed by atoms with Crippen LogP contribution in [-0.4, -0.2) is 43.6 Å². The van der Waals surface area contributed by atoms with Crippen LogP contribution in [0.5, 0.6) is 0 Å². The minimum Gasteiger partial charge on any atom is -0.315 e. The molecule has 0 bridgehead atoms. The molecule has 0 aliphatic rings. The number of aromatic nitrogens is 1. The number of nitrogens with zero attached hydrogens (tertiary/aromatic N) is 2. The zero-order valence-corrected chi connectivity index (χ0v) is 13.3. The van der Waals surface area contributed by atoms with Gasteiger partial charge in [-0.15, -0.1) is 11.3 Å². The van der Waals surface area contributed by atoms with Crippen LogP contribution in [0.15, 0.2) is 29.6 Å². The first-order valence-electron chi connectivity index (χ1n) is 7.02. The van der Waals surface area contributed by atoms with Crippen molar-refractivity contribution in [2.45, 2.75) is 13.3 Å². The Bertz CT molecular complexity index is 517. The highest BCUT2D eigenvalue weighted by Crippen LogP contribution is 2.22. The first kappa shape index (κ1) is 15.2. The van der Waals surface area contributed by atoms with Crippen molar-refractivity contribution in [1.29, 1.82) is 0 Å². The second kappa shape index (κ2) is 7.53. The summed E-state index contributed by atoms with van der Waals surface area (Å²) in [5.41, 5.74) is 3.59. The van der Waals surface area contributed by atoms with E-state index >= 15 is 0 Å². The van der Waals surface area contributed by atoms with E-state index in [0.717, 1.165) is 31.7 Å². The van der Waals surface area contributed by atoms with Crippen molar-refractivity contribution in [3.8, 4) is 11.3 Å². The van der Waals surface area contributed by atoms with Gasteiger partial charge in [0.1, 0.15) is 0 Å². The van der Waals surface area contributed by atoms with Crippen molar-refractivity contribution in [3.05, 3.63) is 40.2 Å². The van der Waals surface area contributed by atoms with Gasteiger partial charge in [0.05, 0.1) is 10.7 Å². The first-order chi connectivity index (χ1) is 9.65. The Labute approximate surface area is 125 Å². The van der Waals surface area contributed by atoms with Crippen LogP contribution in [0.25, 0.3) is 11.3 Å². The molecular formula is C16H23N3S. The molecule has 20 heavy (non-hydrogen) atoms. The van der Waals surface area contributed by atoms with Gasteiger partial charge in [-0.2, -0.15) is 0 Å². The number of nitrogens with one attached hydrogen (secondary N) is 1. The smallest absolute Gasteiger partial charge is 0.0945 e. The molecule has 0 atom stereocenters. The van der Waals surface area contributed by atoms with E-state index in [0.29, 0.717) is 0 Å². The predicted octanol–water partition coefficient (Wildman–Crippen LogP) is 2.81. The fourth-order valence-electron chi connectivity index (χ4n) is 1.91. The fraction of sp³-hybridized carbons (Fsp3) is 0.438. The molecule has 0 fully saturated rings. The molecule has 1 aromatic carbocycles. The fourth-order valence-corrected chi connectivity index (χ4v) is 2.71. The Balaban J connectivity index is 1.82. The molecule has 0 unspecified atom stereocenters. The molecule has 2 rings (SSSR count). The number of hydrogen-bond acceptors (Lipinski definition) is 4. The van der Waals surface area contributed by atoms with Crippen LogP contribution in [0.3, 0.4) is 0 Å². The molecule has 0 aliphatic heterocycles. The Morgan fingerprint density at radius 2 is 1.90 bits per heavy atom. The lowest BCUT2D eigenvalue weighted by atomic mass is 10.1. The average Bonchev–Trinajstić information content (AvgIpc) is 2.87. The minimum atomic E-state index is 0.995. The lowest BCUT2D eigenvalue weighted by Gasteiger charge is -2.09. The van der Waals surface area contributed by atoms with Crippen molar-refractivity contribution < 1.29 is 0 Å². The minimum absolute atomic E-state index is 0.995. The molecule has 0 saturated carbocycles. The van der Waals surface area contributed by atoms with Crippen LogP contribution in [0.1, 0.15) is 10.6 Å². The summed E-state index contributed by atoms with van der Waals surface area (Å²) in [7, 11) is 4.19. The number of benzene rings is 1. The summed E-state index contributed by atoms with van der Waals surface area (Å²) in [5.74, 6) is 0. The van der Waals surface area contributed by atoms with E-state index in [2.05, 4.69) is 60.9 Å². The Morgan fingerprint density at radius 1 is 1.15 bits per heavy atom. The standard InChI is InChI=1S/C16H23N3S/c1-13-4-6-14(7-5-13)15-12-20-16(18-15)8-9-17-10-11-19(2)3/h4-7,12,17H,8-11H2,1-3H3. The molecule has 0 spiro atoms. The van der Waals surface area contributed by atoms with Crippen molar-refractivity contribution >= 4 is 11.3 Å². The third-order valence-corrected chi connectivity index (χ3v) is 4.06. The lowest BCUT2D eigenvalue weighted by Crippen LogP contribution is -2.27. The van der Waals surface area contributed by atoms with Crippen molar-refractivity contribution in [2.24, 2.45) is 0 Å². The third kappa shape index (κ3) is 4.71. The highest BCUT2D eigenvalue weighted by atomic mass is 32.1. The Morgan fingerprint density at radius 3 is 2.60 bits per heavy atom. The lowest BCUT2D eigenvalue weighted by molar-refractivity contribution is 0.401. The number of likely N-dealkylation sites (N-methyl/N-ethyl adjacent to an activating group) is 1. The maximum atomic E-state index is 4.71. The molecule has 0 amide bonds. The maximum Gasteiger partial charge on any atom is 0.0945 e. The number of hydrogen-bond donors (Lipinski definition) is 1. The maximum absolute atomic E-state index is 4.71. The second-order valence-corrected chi connectivity index (χ2v) is 6.24. The predicted molar refractivity (Wildman–Crippen MR) is 87.4 cm³/mol. The molecule has 4 heteroatoms. The Hall–Kier alpha value is -1.23. The molecule has 108 valence electrons. The molecule has 1 N–H and O–H groups in total. The van der Waals surface area contributed by atoms with Gasteiger partial charge >= 0.3 is 0 Å². The largest absolute Gasteiger partial charge is 0.315 e. The number of thiazole rings is 1. The van der Waals surface area contributed by atoms with E-state index in [9.17, 15) is 0 Å². The molecule has 3 nitrogen and oxygen atoms in total. The summed E-state index contributed by atoms with van der Waals surface area (Å²) in [4.78, 5) is 6.90. The Kier molecular flexibility index (Phi) is 5.71. The van der Waals surface area contributed by atoms with Crippen molar-refractivity contribution in [3.63, 3.8) is 0 Å². The number of rotatable bonds is 7. The van der Waals surface area contributed by atoms with Crippen molar-refractivity contribution in [1.82, 2.24) is 15.2 Å². The van der Waals surface area contributed by atoms with Crippen molar-refractivity contribution in [2.75, 3.05) is 33.7 Å². The normalized spacial score (nSPS) is 11.2. The monoisotopic (exact) mass is 289 g/mol. The molecule has 2 aromatic rings. The van der Waals surface area contributed by atoms with Crippen LogP contribution in [0, 0.1) is 6.92 Å². The van der Waals surface area contributed by atoms with E-state index in [4.69, 9.17) is 4.98 Å². The van der Waals surface area contributed by atoms with Gasteiger partial charge in [-0.3, -0.25) is 0 Å². The van der Waals surface area contributed by atoms with Gasteiger partial charge in [-0.1, -0.05) is 29.8 Å². The summed E-state index contributed by atoms with van der Waals surface area (Å²) in [6.07, 6.45) is 1.00. The van der Waals surface area contributed by atoms with E-state index in [1.807, 2.05) is 0 Å². The van der Waals surface area contributed by atoms with E-state index in [-0.39, 0.29) is 0 Å². The van der Waals surface area contributed by atoms with E-state index in [1.54, 1.807) is 11.3 Å². The van der Waals surface area contributed by atoms with Gasteiger partial charge in [-0.25, -0.2) is 4.98 Å². The third-order valence-electron chi connectivity index (χ3n) is 3.15. The zero-order chi connectivity index (χ0) is 14.4. The van der Waals surface area contributed by atoms with Gasteiger partial charge < -0.3 is 10.2 Å². The highest BCUT2D eigenvalue weighted by Gasteiger charge is 2.04. The highest BCUT2D eigenvalue weighted by molar-refractivity contribution is 7.09. The van der Waals surface area contributed by atoms with E-state index in [1.165, 1.54) is 16.1 Å². The first-order valence-corrected chi connectivity index (χ1v) is 7.90. The topological polar surface area (TPSA) is 28.2 Å². The zero-order valence-electron chi connectivity index (χ0n) is 12.5. The van der Waals surface area contributed by atoms with Gasteiger partial charge in [0.2, 0.25) is 0 Å². The molecule has 0 saturated heterocycles. The molecular weight excluding hydrogens is 266 g/mol. The summed E-state index contributed by atoms with van der Waals surface area (Å²) < 4.78 is 0. The van der Waals surface area contributed by atoms with Crippen LogP contribution >= 0.6 is 11.3 Å². The summed E-state index contributed by atoms with van der Waals surface area (Å²) in [6, 6.07) is 8.56. The van der Waals surface area contributed by atoms with Gasteiger partial charge in [0.15, 0.2) is 0 Å². The second-order valence-electron chi connectivity index (χ2n) is 5.30. The van der Waals surface area contributed by atoms with Gasteiger partial charge in [-0.05, 0) is 21.0 Å². The van der Waals surface area contributed by atoms with E-state index < -0.39 is 0 Å². The van der Waals surface area contributed by atoms with Gasteiger partial charge in [0.25, 0.3) is 0 Å². The van der Waals surface area contributed by atoms with Crippen LogP contribution in [0.4, 0.5) is 0 Å². The molecule has 1 aromatic heterocycles. The summed E-state index contributed by atoms with van der Waals surface area (Å²) >= 11 is 1.75. The molecule has 0 radical (unpaired) electrons. The SMILES string of the molecule is Cc1ccc(-c2csc(CCNCCN(C)C)n2)cc1. The van der Waals surface area contributed by atoms with Crippen LogP contribution in [-0.2, 0) is 6.42 Å². The molecule has 0 aliphatic carbocycles. The summed E-state index contributed by atoms with van der Waals surface area (Å²) in [6.45, 7) is 5.21. The van der Waals surface area contributed by atoms with Crippen LogP contribution in [0.2, 0.25) is 0 Å². The number of aryl methyl sites for hydroxylation is 1. The summed E-state index contributed by atoms with van der Waals surface area (Å²) in [5, 5.41) is 6.81. The quantitative estimate of drug-likeness (QED) is 0.795. The average molecular weight is 289 g/mol. The van der Waals surface area contributed by atoms with Crippen LogP contribution < -0.4 is 5.32 Å². The van der Waals surface area contributed by atoms with Gasteiger partial charge in [0, 0.05) is 37.0 Å².